The van der Waals surface area contributed by atoms with E-state index >= 15 is 0 Å². The summed E-state index contributed by atoms with van der Waals surface area (Å²) >= 11 is 0. The maximum absolute atomic E-state index is 6.00. The van der Waals surface area contributed by atoms with Gasteiger partial charge in [-0.15, -0.1) is 5.10 Å². The Labute approximate surface area is 108 Å². The van der Waals surface area contributed by atoms with Crippen molar-refractivity contribution in [2.45, 2.75) is 26.2 Å². The molecule has 0 amide bonds. The highest BCUT2D eigenvalue weighted by Crippen LogP contribution is 2.18. The zero-order valence-corrected chi connectivity index (χ0v) is 11.2. The molecule has 1 saturated heterocycles. The topological polar surface area (TPSA) is 72.3 Å². The van der Waals surface area contributed by atoms with E-state index in [9.17, 15) is 0 Å². The Morgan fingerprint density at radius 3 is 3.06 bits per heavy atom. The van der Waals surface area contributed by atoms with Crippen LogP contribution in [0.4, 0.5) is 0 Å². The summed E-state index contributed by atoms with van der Waals surface area (Å²) in [6.45, 7) is 5.00. The minimum atomic E-state index is 0.676. The number of nitrogens with zero attached hydrogens (tertiary/aromatic N) is 5. The second kappa shape index (κ2) is 5.84. The number of nitrogens with two attached hydrogens (primary N) is 1. The molecule has 1 aliphatic heterocycles. The molecule has 6 nitrogen and oxygen atoms in total. The van der Waals surface area contributed by atoms with Crippen molar-refractivity contribution in [3.8, 4) is 0 Å². The SMILES string of the molecule is CCC1CCN(C(N)=NCCc2cn(C)nn2)C1. The maximum atomic E-state index is 6.00. The molecule has 0 aliphatic carbocycles. The predicted molar refractivity (Wildman–Crippen MR) is 71.2 cm³/mol. The molecule has 1 fully saturated rings. The van der Waals surface area contributed by atoms with E-state index < -0.39 is 0 Å². The van der Waals surface area contributed by atoms with Crippen LogP contribution in [0.1, 0.15) is 25.5 Å². The van der Waals surface area contributed by atoms with Crippen molar-refractivity contribution < 1.29 is 0 Å². The second-order valence-electron chi connectivity index (χ2n) is 4.88. The van der Waals surface area contributed by atoms with E-state index in [1.807, 2.05) is 13.2 Å². The molecule has 0 spiro atoms. The first kappa shape index (κ1) is 12.9. The largest absolute Gasteiger partial charge is 0.370 e. The van der Waals surface area contributed by atoms with Crippen molar-refractivity contribution in [2.24, 2.45) is 23.7 Å². The fraction of sp³-hybridized carbons (Fsp3) is 0.750. The summed E-state index contributed by atoms with van der Waals surface area (Å²) in [5.74, 6) is 1.45. The third kappa shape index (κ3) is 3.21. The number of rotatable bonds is 4. The van der Waals surface area contributed by atoms with Crippen LogP contribution < -0.4 is 5.73 Å². The Bertz CT molecular complexity index is 410. The molecule has 18 heavy (non-hydrogen) atoms. The number of aryl methyl sites for hydroxylation is 1. The maximum Gasteiger partial charge on any atom is 0.191 e. The molecule has 1 aromatic rings. The zero-order chi connectivity index (χ0) is 13.0. The summed E-state index contributed by atoms with van der Waals surface area (Å²) in [4.78, 5) is 6.61. The molecule has 0 saturated carbocycles. The summed E-state index contributed by atoms with van der Waals surface area (Å²) in [6.07, 6.45) is 5.16. The number of hydrogen-bond acceptors (Lipinski definition) is 3. The van der Waals surface area contributed by atoms with Gasteiger partial charge in [0, 0.05) is 39.3 Å². The van der Waals surface area contributed by atoms with Crippen molar-refractivity contribution in [3.63, 3.8) is 0 Å². The second-order valence-corrected chi connectivity index (χ2v) is 4.88. The number of aromatic nitrogens is 3. The quantitative estimate of drug-likeness (QED) is 0.620. The Morgan fingerprint density at radius 1 is 1.61 bits per heavy atom. The highest BCUT2D eigenvalue weighted by Gasteiger charge is 2.21. The molecule has 100 valence electrons. The molecule has 1 unspecified atom stereocenters. The van der Waals surface area contributed by atoms with Gasteiger partial charge in [0.05, 0.1) is 5.69 Å². The first-order valence-electron chi connectivity index (χ1n) is 6.59. The molecule has 0 radical (unpaired) electrons. The summed E-state index contributed by atoms with van der Waals surface area (Å²) in [5, 5.41) is 7.91. The highest BCUT2D eigenvalue weighted by molar-refractivity contribution is 5.78. The minimum absolute atomic E-state index is 0.676. The van der Waals surface area contributed by atoms with Gasteiger partial charge in [-0.3, -0.25) is 9.67 Å². The van der Waals surface area contributed by atoms with Crippen LogP contribution in [0.5, 0.6) is 0 Å². The normalized spacial score (nSPS) is 20.7. The number of likely N-dealkylation sites (tertiary alicyclic amines) is 1. The Morgan fingerprint density at radius 2 is 2.44 bits per heavy atom. The molecular formula is C12H22N6. The first-order valence-corrected chi connectivity index (χ1v) is 6.59. The van der Waals surface area contributed by atoms with Gasteiger partial charge in [0.1, 0.15) is 0 Å². The number of hydrogen-bond donors (Lipinski definition) is 1. The number of guanidine groups is 1. The summed E-state index contributed by atoms with van der Waals surface area (Å²) < 4.78 is 1.70. The van der Waals surface area contributed by atoms with Crippen LogP contribution in [0.25, 0.3) is 0 Å². The van der Waals surface area contributed by atoms with Gasteiger partial charge in [-0.1, -0.05) is 18.6 Å². The van der Waals surface area contributed by atoms with Gasteiger partial charge < -0.3 is 10.6 Å². The van der Waals surface area contributed by atoms with E-state index in [4.69, 9.17) is 5.73 Å². The molecule has 2 heterocycles. The van der Waals surface area contributed by atoms with E-state index in [-0.39, 0.29) is 0 Å². The molecule has 6 heteroatoms. The van der Waals surface area contributed by atoms with Crippen LogP contribution in [-0.2, 0) is 13.5 Å². The standard InChI is InChI=1S/C12H22N6/c1-3-10-5-7-18(8-10)12(13)14-6-4-11-9-17(2)16-15-11/h9-10H,3-8H2,1-2H3,(H2,13,14). The lowest BCUT2D eigenvalue weighted by Crippen LogP contribution is -2.35. The van der Waals surface area contributed by atoms with Crippen LogP contribution in [0, 0.1) is 5.92 Å². The molecule has 0 aromatic carbocycles. The predicted octanol–water partition coefficient (Wildman–Crippen LogP) is 0.404. The van der Waals surface area contributed by atoms with Gasteiger partial charge in [-0.2, -0.15) is 0 Å². The van der Waals surface area contributed by atoms with Crippen LogP contribution in [0.15, 0.2) is 11.2 Å². The highest BCUT2D eigenvalue weighted by atomic mass is 15.4. The van der Waals surface area contributed by atoms with Crippen molar-refractivity contribution in [3.05, 3.63) is 11.9 Å². The molecule has 1 aromatic heterocycles. The Balaban J connectivity index is 1.79. The average molecular weight is 250 g/mol. The van der Waals surface area contributed by atoms with E-state index in [0.29, 0.717) is 12.5 Å². The van der Waals surface area contributed by atoms with E-state index in [1.165, 1.54) is 12.8 Å². The summed E-state index contributed by atoms with van der Waals surface area (Å²) in [6, 6.07) is 0. The monoisotopic (exact) mass is 250 g/mol. The lowest BCUT2D eigenvalue weighted by molar-refractivity contribution is 0.466. The fourth-order valence-electron chi connectivity index (χ4n) is 2.27. The summed E-state index contributed by atoms with van der Waals surface area (Å²) in [7, 11) is 1.86. The molecular weight excluding hydrogens is 228 g/mol. The third-order valence-corrected chi connectivity index (χ3v) is 3.48. The van der Waals surface area contributed by atoms with Crippen LogP contribution >= 0.6 is 0 Å². The fourth-order valence-corrected chi connectivity index (χ4v) is 2.27. The van der Waals surface area contributed by atoms with Gasteiger partial charge in [0.25, 0.3) is 0 Å². The third-order valence-electron chi connectivity index (χ3n) is 3.48. The number of aliphatic imine (C=N–C) groups is 1. The first-order chi connectivity index (χ1) is 8.69. The lowest BCUT2D eigenvalue weighted by Gasteiger charge is -2.16. The van der Waals surface area contributed by atoms with Crippen molar-refractivity contribution in [1.82, 2.24) is 19.9 Å². The lowest BCUT2D eigenvalue weighted by atomic mass is 10.1. The van der Waals surface area contributed by atoms with E-state index in [0.717, 1.165) is 31.1 Å². The van der Waals surface area contributed by atoms with Crippen LogP contribution in [0.2, 0.25) is 0 Å². The van der Waals surface area contributed by atoms with E-state index in [2.05, 4.69) is 27.1 Å². The summed E-state index contributed by atoms with van der Waals surface area (Å²) in [5.41, 5.74) is 6.96. The van der Waals surface area contributed by atoms with Gasteiger partial charge in [0.2, 0.25) is 0 Å². The smallest absolute Gasteiger partial charge is 0.191 e. The van der Waals surface area contributed by atoms with Crippen LogP contribution in [0.3, 0.4) is 0 Å². The minimum Gasteiger partial charge on any atom is -0.370 e. The Hall–Kier alpha value is -1.59. The molecule has 2 rings (SSSR count). The molecule has 1 aliphatic rings. The zero-order valence-electron chi connectivity index (χ0n) is 11.2. The van der Waals surface area contributed by atoms with Gasteiger partial charge >= 0.3 is 0 Å². The van der Waals surface area contributed by atoms with Gasteiger partial charge in [-0.25, -0.2) is 0 Å². The molecule has 2 N–H and O–H groups in total. The molecule has 1 atom stereocenters. The average Bonchev–Trinajstić information content (AvgIpc) is 2.98. The van der Waals surface area contributed by atoms with Gasteiger partial charge in [0.15, 0.2) is 5.96 Å². The van der Waals surface area contributed by atoms with Crippen molar-refractivity contribution >= 4 is 5.96 Å². The van der Waals surface area contributed by atoms with Gasteiger partial charge in [-0.05, 0) is 12.3 Å². The van der Waals surface area contributed by atoms with Crippen molar-refractivity contribution in [2.75, 3.05) is 19.6 Å². The van der Waals surface area contributed by atoms with Crippen LogP contribution in [-0.4, -0.2) is 45.5 Å². The van der Waals surface area contributed by atoms with E-state index in [1.54, 1.807) is 4.68 Å². The Kier molecular flexibility index (Phi) is 4.17. The van der Waals surface area contributed by atoms with Crippen molar-refractivity contribution in [1.29, 1.82) is 0 Å². The molecule has 0 bridgehead atoms.